The van der Waals surface area contributed by atoms with Crippen LogP contribution < -0.4 is 11.1 Å². The summed E-state index contributed by atoms with van der Waals surface area (Å²) < 4.78 is 0. The molecule has 0 aromatic carbocycles. The normalized spacial score (nSPS) is 10.2. The second-order valence-corrected chi connectivity index (χ2v) is 4.66. The Morgan fingerprint density at radius 2 is 2.12 bits per heavy atom. The van der Waals surface area contributed by atoms with Gasteiger partial charge in [-0.1, -0.05) is 0 Å². The van der Waals surface area contributed by atoms with Gasteiger partial charge in [-0.25, -0.2) is 9.97 Å². The van der Waals surface area contributed by atoms with E-state index < -0.39 is 0 Å². The standard InChI is InChI=1S/C11H12N4OS/c1-6-3-4-8(12)10(13-6)11(16)15-9-5-17-7(2)14-9/h3-5H,12H2,1-2H3,(H,15,16). The van der Waals surface area contributed by atoms with Crippen molar-refractivity contribution in [2.24, 2.45) is 0 Å². The number of nitrogens with zero attached hydrogens (tertiary/aromatic N) is 2. The first kappa shape index (κ1) is 11.5. The molecule has 88 valence electrons. The molecule has 2 aromatic heterocycles. The van der Waals surface area contributed by atoms with Gasteiger partial charge in [0.15, 0.2) is 5.69 Å². The minimum atomic E-state index is -0.337. The molecular formula is C11H12N4OS. The quantitative estimate of drug-likeness (QED) is 0.851. The highest BCUT2D eigenvalue weighted by Crippen LogP contribution is 2.15. The van der Waals surface area contributed by atoms with Gasteiger partial charge in [0.1, 0.15) is 5.82 Å². The largest absolute Gasteiger partial charge is 0.397 e. The Balaban J connectivity index is 2.22. The first-order chi connectivity index (χ1) is 8.06. The van der Waals surface area contributed by atoms with Gasteiger partial charge in [-0.3, -0.25) is 4.79 Å². The lowest BCUT2D eigenvalue weighted by Crippen LogP contribution is -2.16. The van der Waals surface area contributed by atoms with Crippen molar-refractivity contribution in [1.82, 2.24) is 9.97 Å². The van der Waals surface area contributed by atoms with Crippen molar-refractivity contribution in [3.8, 4) is 0 Å². The highest BCUT2D eigenvalue weighted by Gasteiger charge is 2.13. The molecule has 0 spiro atoms. The molecule has 0 saturated heterocycles. The van der Waals surface area contributed by atoms with Crippen LogP contribution in [0.1, 0.15) is 21.2 Å². The van der Waals surface area contributed by atoms with Gasteiger partial charge in [-0.15, -0.1) is 11.3 Å². The predicted molar refractivity (Wildman–Crippen MR) is 68.2 cm³/mol. The Hall–Kier alpha value is -1.95. The molecule has 17 heavy (non-hydrogen) atoms. The van der Waals surface area contributed by atoms with E-state index >= 15 is 0 Å². The van der Waals surface area contributed by atoms with Gasteiger partial charge >= 0.3 is 0 Å². The smallest absolute Gasteiger partial charge is 0.277 e. The van der Waals surface area contributed by atoms with E-state index in [4.69, 9.17) is 5.73 Å². The van der Waals surface area contributed by atoms with Gasteiger partial charge in [-0.2, -0.15) is 0 Å². The molecule has 0 atom stereocenters. The molecule has 2 rings (SSSR count). The van der Waals surface area contributed by atoms with E-state index in [9.17, 15) is 4.79 Å². The number of rotatable bonds is 2. The van der Waals surface area contributed by atoms with Crippen LogP contribution in [-0.2, 0) is 0 Å². The number of hydrogen-bond donors (Lipinski definition) is 2. The minimum Gasteiger partial charge on any atom is -0.397 e. The fourth-order valence-electron chi connectivity index (χ4n) is 1.35. The van der Waals surface area contributed by atoms with Gasteiger partial charge in [0, 0.05) is 11.1 Å². The molecule has 0 aliphatic rings. The van der Waals surface area contributed by atoms with Crippen LogP contribution in [0.5, 0.6) is 0 Å². The van der Waals surface area contributed by atoms with Gasteiger partial charge in [-0.05, 0) is 26.0 Å². The molecule has 6 heteroatoms. The maximum Gasteiger partial charge on any atom is 0.277 e. The van der Waals surface area contributed by atoms with Crippen LogP contribution >= 0.6 is 11.3 Å². The SMILES string of the molecule is Cc1ccc(N)c(C(=O)Nc2csc(C)n2)n1. The number of nitrogens with one attached hydrogen (secondary N) is 1. The van der Waals surface area contributed by atoms with E-state index in [1.54, 1.807) is 17.5 Å². The summed E-state index contributed by atoms with van der Waals surface area (Å²) in [5, 5.41) is 5.34. The number of carbonyl (C=O) groups is 1. The fourth-order valence-corrected chi connectivity index (χ4v) is 1.89. The topological polar surface area (TPSA) is 80.9 Å². The first-order valence-electron chi connectivity index (χ1n) is 5.03. The lowest BCUT2D eigenvalue weighted by molar-refractivity contribution is 0.102. The third kappa shape index (κ3) is 2.59. The Morgan fingerprint density at radius 1 is 1.35 bits per heavy atom. The monoisotopic (exact) mass is 248 g/mol. The summed E-state index contributed by atoms with van der Waals surface area (Å²) in [6.07, 6.45) is 0. The number of thiazole rings is 1. The molecule has 5 nitrogen and oxygen atoms in total. The average molecular weight is 248 g/mol. The summed E-state index contributed by atoms with van der Waals surface area (Å²) in [4.78, 5) is 20.2. The third-order valence-corrected chi connectivity index (χ3v) is 2.91. The zero-order valence-corrected chi connectivity index (χ0v) is 10.3. The first-order valence-corrected chi connectivity index (χ1v) is 5.91. The summed E-state index contributed by atoms with van der Waals surface area (Å²) in [6, 6.07) is 3.43. The maximum atomic E-state index is 11.9. The van der Waals surface area contributed by atoms with Crippen molar-refractivity contribution in [3.05, 3.63) is 33.9 Å². The number of aromatic nitrogens is 2. The van der Waals surface area contributed by atoms with E-state index in [2.05, 4.69) is 15.3 Å². The van der Waals surface area contributed by atoms with Gasteiger partial charge < -0.3 is 11.1 Å². The van der Waals surface area contributed by atoms with E-state index in [1.165, 1.54) is 11.3 Å². The summed E-state index contributed by atoms with van der Waals surface area (Å²) in [5.74, 6) is 0.191. The molecule has 0 unspecified atom stereocenters. The Morgan fingerprint density at radius 3 is 2.76 bits per heavy atom. The summed E-state index contributed by atoms with van der Waals surface area (Å²) in [5.41, 5.74) is 7.05. The number of carbonyl (C=O) groups excluding carboxylic acids is 1. The second-order valence-electron chi connectivity index (χ2n) is 3.60. The molecule has 0 radical (unpaired) electrons. The fraction of sp³-hybridized carbons (Fsp3) is 0.182. The van der Waals surface area contributed by atoms with E-state index in [0.717, 1.165) is 10.7 Å². The van der Waals surface area contributed by atoms with Crippen LogP contribution in [0.15, 0.2) is 17.5 Å². The molecule has 3 N–H and O–H groups in total. The van der Waals surface area contributed by atoms with Crippen molar-refractivity contribution < 1.29 is 4.79 Å². The average Bonchev–Trinajstić information content (AvgIpc) is 2.67. The Labute approximate surface area is 103 Å². The van der Waals surface area contributed by atoms with E-state index in [-0.39, 0.29) is 11.6 Å². The molecule has 1 amide bonds. The molecule has 2 heterocycles. The zero-order chi connectivity index (χ0) is 12.4. The van der Waals surface area contributed by atoms with Crippen LogP contribution in [0.4, 0.5) is 11.5 Å². The number of aryl methyl sites for hydroxylation is 2. The molecule has 0 aliphatic carbocycles. The van der Waals surface area contributed by atoms with E-state index in [0.29, 0.717) is 11.5 Å². The number of pyridine rings is 1. The van der Waals surface area contributed by atoms with Crippen LogP contribution in [0.25, 0.3) is 0 Å². The molecule has 0 bridgehead atoms. The van der Waals surface area contributed by atoms with Crippen molar-refractivity contribution in [3.63, 3.8) is 0 Å². The molecule has 0 aliphatic heterocycles. The van der Waals surface area contributed by atoms with Crippen molar-refractivity contribution >= 4 is 28.7 Å². The number of nitrogen functional groups attached to an aromatic ring is 1. The number of nitrogens with two attached hydrogens (primary N) is 1. The van der Waals surface area contributed by atoms with Gasteiger partial charge in [0.25, 0.3) is 5.91 Å². The van der Waals surface area contributed by atoms with Crippen LogP contribution in [-0.4, -0.2) is 15.9 Å². The van der Waals surface area contributed by atoms with Crippen LogP contribution in [0, 0.1) is 13.8 Å². The lowest BCUT2D eigenvalue weighted by Gasteiger charge is -2.05. The van der Waals surface area contributed by atoms with Gasteiger partial charge in [0.05, 0.1) is 10.7 Å². The third-order valence-electron chi connectivity index (χ3n) is 2.14. The van der Waals surface area contributed by atoms with Crippen LogP contribution in [0.3, 0.4) is 0 Å². The zero-order valence-electron chi connectivity index (χ0n) is 9.52. The minimum absolute atomic E-state index is 0.232. The molecule has 0 fully saturated rings. The molecule has 0 saturated carbocycles. The summed E-state index contributed by atoms with van der Waals surface area (Å²) in [6.45, 7) is 3.68. The Kier molecular flexibility index (Phi) is 3.06. The maximum absolute atomic E-state index is 11.9. The summed E-state index contributed by atoms with van der Waals surface area (Å²) in [7, 11) is 0. The highest BCUT2D eigenvalue weighted by atomic mass is 32.1. The molecular weight excluding hydrogens is 236 g/mol. The van der Waals surface area contributed by atoms with Crippen LogP contribution in [0.2, 0.25) is 0 Å². The van der Waals surface area contributed by atoms with Crippen molar-refractivity contribution in [2.45, 2.75) is 13.8 Å². The van der Waals surface area contributed by atoms with Crippen molar-refractivity contribution in [1.29, 1.82) is 0 Å². The summed E-state index contributed by atoms with van der Waals surface area (Å²) >= 11 is 1.47. The number of hydrogen-bond acceptors (Lipinski definition) is 5. The number of anilines is 2. The second kappa shape index (κ2) is 4.50. The predicted octanol–water partition coefficient (Wildman–Crippen LogP) is 1.99. The van der Waals surface area contributed by atoms with E-state index in [1.807, 2.05) is 13.8 Å². The highest BCUT2D eigenvalue weighted by molar-refractivity contribution is 7.09. The lowest BCUT2D eigenvalue weighted by atomic mass is 10.2. The molecule has 2 aromatic rings. The number of amides is 1. The van der Waals surface area contributed by atoms with Crippen molar-refractivity contribution in [2.75, 3.05) is 11.1 Å². The Bertz CT molecular complexity index is 564. The van der Waals surface area contributed by atoms with Gasteiger partial charge in [0.2, 0.25) is 0 Å².